The van der Waals surface area contributed by atoms with Crippen LogP contribution < -0.4 is 0 Å². The zero-order chi connectivity index (χ0) is 80.6. The Morgan fingerprint density at radius 2 is 0.418 bits per heavy atom. The molecule has 0 heterocycles. The summed E-state index contributed by atoms with van der Waals surface area (Å²) in [5.74, 6) is -0.591. The van der Waals surface area contributed by atoms with Crippen LogP contribution >= 0.6 is 15.6 Å². The number of carbonyl (C=O) groups excluding carboxylic acids is 4. The Kier molecular flexibility index (Phi) is 80.7. The summed E-state index contributed by atoms with van der Waals surface area (Å²) in [6.07, 6.45) is 76.7. The van der Waals surface area contributed by atoms with Crippen LogP contribution in [0.25, 0.3) is 0 Å². The Morgan fingerprint density at radius 3 is 0.618 bits per heavy atom. The Labute approximate surface area is 677 Å². The quantitative estimate of drug-likeness (QED) is 0.0222. The predicted molar refractivity (Wildman–Crippen MR) is 455 cm³/mol. The Hall–Kier alpha value is -1.94. The van der Waals surface area contributed by atoms with E-state index in [0.717, 1.165) is 102 Å². The van der Waals surface area contributed by atoms with E-state index in [9.17, 15) is 43.2 Å². The second kappa shape index (κ2) is 82.2. The number of ether oxygens (including phenoxy) is 4. The van der Waals surface area contributed by atoms with Crippen molar-refractivity contribution in [3.63, 3.8) is 0 Å². The van der Waals surface area contributed by atoms with Crippen molar-refractivity contribution in [1.29, 1.82) is 0 Å². The molecule has 110 heavy (non-hydrogen) atoms. The number of carbonyl (C=O) groups is 4. The fourth-order valence-corrected chi connectivity index (χ4v) is 15.9. The first-order valence-corrected chi connectivity index (χ1v) is 50.0. The monoisotopic (exact) mass is 1610 g/mol. The third-order valence-electron chi connectivity index (χ3n) is 21.5. The summed E-state index contributed by atoms with van der Waals surface area (Å²) in [5, 5.41) is 10.7. The van der Waals surface area contributed by atoms with Crippen LogP contribution in [0.3, 0.4) is 0 Å². The first-order chi connectivity index (χ1) is 53.4. The number of hydrogen-bond donors (Lipinski definition) is 3. The lowest BCUT2D eigenvalue weighted by molar-refractivity contribution is -0.161. The van der Waals surface area contributed by atoms with Crippen molar-refractivity contribution in [2.45, 2.75) is 509 Å². The highest BCUT2D eigenvalue weighted by Crippen LogP contribution is 2.45. The molecule has 2 unspecified atom stereocenters. The van der Waals surface area contributed by atoms with Crippen molar-refractivity contribution < 1.29 is 80.2 Å². The second-order valence-electron chi connectivity index (χ2n) is 33.6. The van der Waals surface area contributed by atoms with Gasteiger partial charge in [-0.1, -0.05) is 440 Å². The van der Waals surface area contributed by atoms with Gasteiger partial charge in [0.1, 0.15) is 19.3 Å². The van der Waals surface area contributed by atoms with E-state index in [1.165, 1.54) is 302 Å². The average Bonchev–Trinajstić information content (AvgIpc) is 0.898. The molecule has 0 rings (SSSR count). The first-order valence-electron chi connectivity index (χ1n) is 47.0. The van der Waals surface area contributed by atoms with Gasteiger partial charge < -0.3 is 33.8 Å². The van der Waals surface area contributed by atoms with Crippen LogP contribution in [0, 0.1) is 11.8 Å². The van der Waals surface area contributed by atoms with Crippen molar-refractivity contribution in [2.75, 3.05) is 39.6 Å². The van der Waals surface area contributed by atoms with E-state index in [0.29, 0.717) is 31.6 Å². The average molecular weight is 1610 g/mol. The van der Waals surface area contributed by atoms with Crippen molar-refractivity contribution in [3.8, 4) is 0 Å². The number of aliphatic hydroxyl groups is 1. The number of phosphoric ester groups is 2. The maximum absolute atomic E-state index is 13.2. The molecule has 17 nitrogen and oxygen atoms in total. The molecule has 0 aliphatic carbocycles. The summed E-state index contributed by atoms with van der Waals surface area (Å²) >= 11 is 0. The molecule has 0 amide bonds. The van der Waals surface area contributed by atoms with E-state index in [1.54, 1.807) is 0 Å². The maximum atomic E-state index is 13.2. The molecule has 654 valence electrons. The van der Waals surface area contributed by atoms with Crippen molar-refractivity contribution in [3.05, 3.63) is 0 Å². The summed E-state index contributed by atoms with van der Waals surface area (Å²) in [6.45, 7) is 9.67. The van der Waals surface area contributed by atoms with Gasteiger partial charge in [-0.05, 0) is 37.5 Å². The summed E-state index contributed by atoms with van der Waals surface area (Å²) in [7, 11) is -9.93. The normalized spacial score (nSPS) is 13.7. The molecule has 19 heteroatoms. The van der Waals surface area contributed by atoms with Gasteiger partial charge in [0.25, 0.3) is 0 Å². The number of hydrogen-bond acceptors (Lipinski definition) is 15. The molecule has 3 N–H and O–H groups in total. The van der Waals surface area contributed by atoms with Crippen LogP contribution in [-0.4, -0.2) is 96.7 Å². The topological polar surface area (TPSA) is 237 Å². The molecule has 0 aromatic heterocycles. The maximum Gasteiger partial charge on any atom is 0.472 e. The minimum atomic E-state index is -4.97. The van der Waals surface area contributed by atoms with Gasteiger partial charge in [-0.15, -0.1) is 0 Å². The van der Waals surface area contributed by atoms with E-state index in [4.69, 9.17) is 37.0 Å². The highest BCUT2D eigenvalue weighted by atomic mass is 31.2. The molecule has 0 saturated heterocycles. The van der Waals surface area contributed by atoms with Crippen LogP contribution in [0.5, 0.6) is 0 Å². The molecule has 0 bridgehead atoms. The molecule has 0 aromatic carbocycles. The molecule has 5 atom stereocenters. The number of esters is 4. The number of unbranched alkanes of at least 4 members (excludes halogenated alkanes) is 60. The van der Waals surface area contributed by atoms with Gasteiger partial charge in [0.2, 0.25) is 0 Å². The van der Waals surface area contributed by atoms with Gasteiger partial charge in [-0.2, -0.15) is 0 Å². The number of aliphatic hydroxyl groups excluding tert-OH is 1. The molecule has 0 aliphatic rings. The Bertz CT molecular complexity index is 2100. The SMILES string of the molecule is CCCCCCCCCCCCCCCCCCCCCCCC(=O)OC[C@H](COP(=O)(O)OC[C@@H](O)COP(=O)(O)OC[C@@H](COC(=O)CCCCCCCCCC(C)C)OC(=O)CCCCCCCCCCCCCCCCCC(C)C)OC(=O)CCCCCCCCCCCCCCCCCCCCCCC. The van der Waals surface area contributed by atoms with E-state index < -0.39 is 97.5 Å². The summed E-state index contributed by atoms with van der Waals surface area (Å²) in [5.41, 5.74) is 0. The lowest BCUT2D eigenvalue weighted by Crippen LogP contribution is -2.30. The zero-order valence-electron chi connectivity index (χ0n) is 72.6. The predicted octanol–water partition coefficient (Wildman–Crippen LogP) is 28.2. The van der Waals surface area contributed by atoms with Gasteiger partial charge in [-0.3, -0.25) is 37.3 Å². The van der Waals surface area contributed by atoms with Gasteiger partial charge >= 0.3 is 39.5 Å². The van der Waals surface area contributed by atoms with E-state index >= 15 is 0 Å². The zero-order valence-corrected chi connectivity index (χ0v) is 74.4. The molecule has 0 fully saturated rings. The highest BCUT2D eigenvalue weighted by molar-refractivity contribution is 7.47. The summed E-state index contributed by atoms with van der Waals surface area (Å²) in [4.78, 5) is 73.4. The van der Waals surface area contributed by atoms with Gasteiger partial charge in [0, 0.05) is 25.7 Å². The van der Waals surface area contributed by atoms with E-state index in [2.05, 4.69) is 41.5 Å². The molecule has 0 spiro atoms. The van der Waals surface area contributed by atoms with E-state index in [-0.39, 0.29) is 25.7 Å². The fraction of sp³-hybridized carbons (Fsp3) is 0.956. The molecular weight excluding hydrogens is 1430 g/mol. The van der Waals surface area contributed by atoms with Gasteiger partial charge in [-0.25, -0.2) is 9.13 Å². The Balaban J connectivity index is 5.21. The first kappa shape index (κ1) is 108. The molecule has 0 aliphatic heterocycles. The van der Waals surface area contributed by atoms with E-state index in [1.807, 2.05) is 0 Å². The summed E-state index contributed by atoms with van der Waals surface area (Å²) in [6, 6.07) is 0. The minimum absolute atomic E-state index is 0.107. The molecule has 0 aromatic rings. The largest absolute Gasteiger partial charge is 0.472 e. The van der Waals surface area contributed by atoms with Gasteiger partial charge in [0.05, 0.1) is 26.4 Å². The van der Waals surface area contributed by atoms with Crippen LogP contribution in [0.15, 0.2) is 0 Å². The number of rotatable bonds is 90. The Morgan fingerprint density at radius 1 is 0.245 bits per heavy atom. The lowest BCUT2D eigenvalue weighted by Gasteiger charge is -2.21. The summed E-state index contributed by atoms with van der Waals surface area (Å²) < 4.78 is 69.0. The highest BCUT2D eigenvalue weighted by Gasteiger charge is 2.31. The fourth-order valence-electron chi connectivity index (χ4n) is 14.3. The van der Waals surface area contributed by atoms with Crippen molar-refractivity contribution >= 4 is 39.5 Å². The van der Waals surface area contributed by atoms with Crippen LogP contribution in [0.4, 0.5) is 0 Å². The third kappa shape index (κ3) is 84.0. The van der Waals surface area contributed by atoms with Crippen LogP contribution in [-0.2, 0) is 65.4 Å². The lowest BCUT2D eigenvalue weighted by atomic mass is 10.0. The van der Waals surface area contributed by atoms with Crippen molar-refractivity contribution in [2.24, 2.45) is 11.8 Å². The van der Waals surface area contributed by atoms with Crippen molar-refractivity contribution in [1.82, 2.24) is 0 Å². The number of phosphoric acid groups is 2. The molecular formula is C91H178O17P2. The van der Waals surface area contributed by atoms with Crippen LogP contribution in [0.1, 0.15) is 491 Å². The third-order valence-corrected chi connectivity index (χ3v) is 23.4. The smallest absolute Gasteiger partial charge is 0.462 e. The standard InChI is InChI=1S/C91H178O17P2/c1-7-9-11-13-15-17-19-21-23-25-27-29-31-33-37-41-45-49-55-61-67-73-88(93)101-79-86(107-90(95)75-69-63-56-50-46-42-38-34-32-30-28-26-24-22-20-18-16-14-12-10-8-2)81-105-109(97,98)103-77-85(92)78-104-110(99,100)106-82-87(80-102-89(94)74-68-62-58-52-54-60-66-72-84(5)6)108-91(96)76-70-64-57-51-47-43-39-35-36-40-44-48-53-59-65-71-83(3)4/h83-87,92H,7-82H2,1-6H3,(H,97,98)(H,99,100)/t85-,86-,87-/m1/s1. The van der Waals surface area contributed by atoms with Crippen LogP contribution in [0.2, 0.25) is 0 Å². The molecule has 0 saturated carbocycles. The minimum Gasteiger partial charge on any atom is -0.462 e. The van der Waals surface area contributed by atoms with Gasteiger partial charge in [0.15, 0.2) is 12.2 Å². The second-order valence-corrected chi connectivity index (χ2v) is 36.6. The molecule has 0 radical (unpaired) electrons.